The SMILES string of the molecule is C.COc1cc(OCc2ccc(C)cn2)ccc1-c1nc(-c2ccc(F)nc2)[nH]c1Cl. The number of methoxy groups -OCH3 is 1. The summed E-state index contributed by atoms with van der Waals surface area (Å²) in [4.78, 5) is 15.5. The van der Waals surface area contributed by atoms with Gasteiger partial charge in [0.1, 0.15) is 34.8 Å². The summed E-state index contributed by atoms with van der Waals surface area (Å²) < 4.78 is 24.4. The van der Waals surface area contributed by atoms with E-state index in [2.05, 4.69) is 19.9 Å². The number of hydrogen-bond donors (Lipinski definition) is 1. The quantitative estimate of drug-likeness (QED) is 0.380. The summed E-state index contributed by atoms with van der Waals surface area (Å²) in [6.07, 6.45) is 3.19. The topological polar surface area (TPSA) is 72.9 Å². The first-order chi connectivity index (χ1) is 14.5. The molecule has 3 aromatic heterocycles. The van der Waals surface area contributed by atoms with E-state index in [1.54, 1.807) is 25.4 Å². The number of H-pyrrole nitrogens is 1. The highest BCUT2D eigenvalue weighted by atomic mass is 35.5. The number of aryl methyl sites for hydroxylation is 1. The Balaban J connectivity index is 0.00000272. The maximum atomic E-state index is 13.1. The second-order valence-electron chi connectivity index (χ2n) is 6.60. The molecule has 0 unspecified atom stereocenters. The van der Waals surface area contributed by atoms with E-state index in [-0.39, 0.29) is 7.43 Å². The third kappa shape index (κ3) is 5.00. The van der Waals surface area contributed by atoms with Crippen molar-refractivity contribution in [3.8, 4) is 34.1 Å². The van der Waals surface area contributed by atoms with E-state index in [4.69, 9.17) is 21.1 Å². The monoisotopic (exact) mass is 440 g/mol. The molecule has 0 aliphatic carbocycles. The van der Waals surface area contributed by atoms with Gasteiger partial charge in [0.05, 0.1) is 12.8 Å². The second-order valence-corrected chi connectivity index (χ2v) is 6.97. The number of rotatable bonds is 6. The third-order valence-electron chi connectivity index (χ3n) is 4.45. The number of halogens is 2. The average molecular weight is 441 g/mol. The van der Waals surface area contributed by atoms with Gasteiger partial charge in [-0.25, -0.2) is 9.97 Å². The molecule has 4 rings (SSSR count). The van der Waals surface area contributed by atoms with Crippen LogP contribution >= 0.6 is 11.6 Å². The minimum absolute atomic E-state index is 0. The maximum absolute atomic E-state index is 13.1. The van der Waals surface area contributed by atoms with Crippen molar-refractivity contribution in [2.24, 2.45) is 0 Å². The van der Waals surface area contributed by atoms with Gasteiger partial charge in [0.15, 0.2) is 0 Å². The number of nitrogens with one attached hydrogen (secondary N) is 1. The zero-order valence-corrected chi connectivity index (χ0v) is 17.1. The van der Waals surface area contributed by atoms with Crippen LogP contribution in [0.2, 0.25) is 5.15 Å². The fourth-order valence-electron chi connectivity index (χ4n) is 2.88. The van der Waals surface area contributed by atoms with Crippen molar-refractivity contribution in [3.05, 3.63) is 77.2 Å². The lowest BCUT2D eigenvalue weighted by Gasteiger charge is -2.11. The van der Waals surface area contributed by atoms with Crippen molar-refractivity contribution < 1.29 is 13.9 Å². The molecule has 8 heteroatoms. The molecule has 0 spiro atoms. The molecule has 31 heavy (non-hydrogen) atoms. The summed E-state index contributed by atoms with van der Waals surface area (Å²) in [5, 5.41) is 0.338. The minimum Gasteiger partial charge on any atom is -0.496 e. The number of aromatic nitrogens is 4. The lowest BCUT2D eigenvalue weighted by Crippen LogP contribution is -1.99. The standard InChI is InChI=1S/C22H18ClFN4O2.CH4/c1-13-3-5-15(25-10-13)12-30-16-6-7-17(18(9-16)29-2)20-21(23)28-22(27-20)14-4-8-19(24)26-11-14;/h3-11H,12H2,1-2H3,(H,27,28);1H4. The molecule has 0 radical (unpaired) electrons. The van der Waals surface area contributed by atoms with Crippen LogP contribution in [0.4, 0.5) is 4.39 Å². The van der Waals surface area contributed by atoms with Crippen molar-refractivity contribution >= 4 is 11.6 Å². The molecule has 0 bridgehead atoms. The van der Waals surface area contributed by atoms with Gasteiger partial charge in [-0.15, -0.1) is 0 Å². The van der Waals surface area contributed by atoms with Crippen LogP contribution in [0.25, 0.3) is 22.6 Å². The van der Waals surface area contributed by atoms with Gasteiger partial charge >= 0.3 is 0 Å². The zero-order valence-electron chi connectivity index (χ0n) is 16.3. The number of benzene rings is 1. The van der Waals surface area contributed by atoms with Crippen LogP contribution in [0.5, 0.6) is 11.5 Å². The highest BCUT2D eigenvalue weighted by Crippen LogP contribution is 2.37. The van der Waals surface area contributed by atoms with Gasteiger partial charge in [-0.05, 0) is 42.8 Å². The van der Waals surface area contributed by atoms with Gasteiger partial charge in [0, 0.05) is 29.6 Å². The molecule has 0 fully saturated rings. The molecule has 0 atom stereocenters. The van der Waals surface area contributed by atoms with E-state index in [1.807, 2.05) is 31.2 Å². The third-order valence-corrected chi connectivity index (χ3v) is 4.72. The molecular weight excluding hydrogens is 419 g/mol. The predicted molar refractivity (Wildman–Crippen MR) is 119 cm³/mol. The summed E-state index contributed by atoms with van der Waals surface area (Å²) in [6.45, 7) is 2.33. The molecule has 1 aromatic carbocycles. The Hall–Kier alpha value is -3.45. The Labute approximate surface area is 185 Å². The van der Waals surface area contributed by atoms with Gasteiger partial charge in [0.25, 0.3) is 0 Å². The smallest absolute Gasteiger partial charge is 0.212 e. The number of hydrogen-bond acceptors (Lipinski definition) is 5. The molecule has 6 nitrogen and oxygen atoms in total. The van der Waals surface area contributed by atoms with Gasteiger partial charge < -0.3 is 14.5 Å². The normalized spacial score (nSPS) is 10.5. The minimum atomic E-state index is -0.560. The van der Waals surface area contributed by atoms with Gasteiger partial charge in [-0.1, -0.05) is 25.1 Å². The number of aromatic amines is 1. The van der Waals surface area contributed by atoms with Crippen LogP contribution in [-0.2, 0) is 6.61 Å². The van der Waals surface area contributed by atoms with Crippen LogP contribution < -0.4 is 9.47 Å². The molecule has 160 valence electrons. The Morgan fingerprint density at radius 1 is 1.06 bits per heavy atom. The molecule has 0 aliphatic heterocycles. The molecule has 3 heterocycles. The second kappa shape index (κ2) is 9.57. The van der Waals surface area contributed by atoms with Crippen LogP contribution in [0.1, 0.15) is 18.7 Å². The number of imidazole rings is 1. The molecular formula is C23H22ClFN4O2. The van der Waals surface area contributed by atoms with E-state index in [0.29, 0.717) is 45.9 Å². The fourth-order valence-corrected chi connectivity index (χ4v) is 3.11. The molecule has 0 saturated carbocycles. The van der Waals surface area contributed by atoms with E-state index < -0.39 is 5.95 Å². The molecule has 4 aromatic rings. The maximum Gasteiger partial charge on any atom is 0.212 e. The van der Waals surface area contributed by atoms with Gasteiger partial charge in [0.2, 0.25) is 5.95 Å². The Morgan fingerprint density at radius 3 is 2.58 bits per heavy atom. The Bertz CT molecular complexity index is 1160. The largest absolute Gasteiger partial charge is 0.496 e. The van der Waals surface area contributed by atoms with Crippen molar-refractivity contribution in [3.63, 3.8) is 0 Å². The van der Waals surface area contributed by atoms with Crippen molar-refractivity contribution in [2.45, 2.75) is 21.0 Å². The molecule has 0 saturated heterocycles. The number of pyridine rings is 2. The van der Waals surface area contributed by atoms with E-state index >= 15 is 0 Å². The van der Waals surface area contributed by atoms with Crippen molar-refractivity contribution in [1.29, 1.82) is 0 Å². The zero-order chi connectivity index (χ0) is 21.1. The summed E-state index contributed by atoms with van der Waals surface area (Å²) in [5.41, 5.74) is 3.75. The molecule has 0 amide bonds. The van der Waals surface area contributed by atoms with E-state index in [9.17, 15) is 4.39 Å². The predicted octanol–water partition coefficient (Wildman–Crippen LogP) is 5.86. The molecule has 0 aliphatic rings. The van der Waals surface area contributed by atoms with Crippen LogP contribution in [-0.4, -0.2) is 27.0 Å². The lowest BCUT2D eigenvalue weighted by molar-refractivity contribution is 0.299. The number of nitrogens with zero attached hydrogens (tertiary/aromatic N) is 3. The van der Waals surface area contributed by atoms with E-state index in [1.165, 1.54) is 12.3 Å². The van der Waals surface area contributed by atoms with Crippen LogP contribution in [0, 0.1) is 12.9 Å². The Kier molecular flexibility index (Phi) is 6.87. The van der Waals surface area contributed by atoms with Gasteiger partial charge in [-0.3, -0.25) is 4.98 Å². The average Bonchev–Trinajstić information content (AvgIpc) is 3.15. The highest BCUT2D eigenvalue weighted by molar-refractivity contribution is 6.32. The summed E-state index contributed by atoms with van der Waals surface area (Å²) in [6, 6.07) is 12.2. The van der Waals surface area contributed by atoms with E-state index in [0.717, 1.165) is 11.3 Å². The van der Waals surface area contributed by atoms with Gasteiger partial charge in [-0.2, -0.15) is 4.39 Å². The first-order valence-corrected chi connectivity index (χ1v) is 9.51. The first kappa shape index (κ1) is 22.2. The summed E-state index contributed by atoms with van der Waals surface area (Å²) in [7, 11) is 1.56. The van der Waals surface area contributed by atoms with Crippen LogP contribution in [0.15, 0.2) is 54.9 Å². The molecule has 1 N–H and O–H groups in total. The van der Waals surface area contributed by atoms with Crippen molar-refractivity contribution in [2.75, 3.05) is 7.11 Å². The fraction of sp³-hybridized carbons (Fsp3) is 0.174. The first-order valence-electron chi connectivity index (χ1n) is 9.13. The highest BCUT2D eigenvalue weighted by Gasteiger charge is 2.17. The summed E-state index contributed by atoms with van der Waals surface area (Å²) in [5.74, 6) is 1.11. The lowest BCUT2D eigenvalue weighted by atomic mass is 10.1. The number of ether oxygens (including phenoxy) is 2. The van der Waals surface area contributed by atoms with Crippen LogP contribution in [0.3, 0.4) is 0 Å². The van der Waals surface area contributed by atoms with Crippen molar-refractivity contribution in [1.82, 2.24) is 19.9 Å². The Morgan fingerprint density at radius 2 is 1.90 bits per heavy atom. The summed E-state index contributed by atoms with van der Waals surface area (Å²) >= 11 is 6.38.